The van der Waals surface area contributed by atoms with Gasteiger partial charge in [-0.05, 0) is 71.0 Å². The lowest BCUT2D eigenvalue weighted by Gasteiger charge is -2.37. The number of benzene rings is 4. The summed E-state index contributed by atoms with van der Waals surface area (Å²) in [4.78, 5) is 13.8. The quantitative estimate of drug-likeness (QED) is 0.125. The number of hydrogen-bond donors (Lipinski definition) is 0. The number of carbonyl (C=O) groups excluding carboxylic acids is 1. The fourth-order valence-electron chi connectivity index (χ4n) is 6.92. The Balaban J connectivity index is 1.28. The zero-order valence-corrected chi connectivity index (χ0v) is 26.5. The van der Waals surface area contributed by atoms with Crippen LogP contribution in [0.15, 0.2) is 78.9 Å². The molecule has 1 aliphatic carbocycles. The first-order valence-corrected chi connectivity index (χ1v) is 16.0. The standard InChI is InChI=1S/C39H38O7/c1-24-15-26(11-13-34(24)44-19-28-17-42-28)39(27-12-14-35(25(2)16-27)45-20-29-18-43-29)32-9-5-4-7-30(32)36-31(8-6-10-33(36)39)37(40)46-23-38(3)21-41-22-38/h4-16,28-29H,17-23H2,1-3H3. The Bertz CT molecular complexity index is 1750. The Morgan fingerprint density at radius 1 is 0.783 bits per heavy atom. The van der Waals surface area contributed by atoms with Gasteiger partial charge in [0.1, 0.15) is 43.5 Å². The third-order valence-corrected chi connectivity index (χ3v) is 9.61. The Morgan fingerprint density at radius 2 is 1.37 bits per heavy atom. The topological polar surface area (TPSA) is 79.1 Å². The van der Waals surface area contributed by atoms with Crippen LogP contribution < -0.4 is 9.47 Å². The Morgan fingerprint density at radius 3 is 1.91 bits per heavy atom. The van der Waals surface area contributed by atoms with E-state index in [2.05, 4.69) is 81.4 Å². The van der Waals surface area contributed by atoms with E-state index in [-0.39, 0.29) is 23.6 Å². The molecule has 4 aromatic carbocycles. The second kappa shape index (κ2) is 11.3. The highest BCUT2D eigenvalue weighted by Crippen LogP contribution is 2.57. The molecule has 4 aromatic rings. The van der Waals surface area contributed by atoms with Crippen LogP contribution in [-0.4, -0.2) is 64.4 Å². The number of aryl methyl sites for hydroxylation is 2. The van der Waals surface area contributed by atoms with Crippen LogP contribution in [0.2, 0.25) is 0 Å². The van der Waals surface area contributed by atoms with Gasteiger partial charge < -0.3 is 28.4 Å². The molecular formula is C39H38O7. The van der Waals surface area contributed by atoms with E-state index >= 15 is 0 Å². The molecule has 0 spiro atoms. The van der Waals surface area contributed by atoms with Crippen LogP contribution in [0.5, 0.6) is 11.5 Å². The Kier molecular flexibility index (Phi) is 7.16. The van der Waals surface area contributed by atoms with Crippen LogP contribution >= 0.6 is 0 Å². The second-order valence-corrected chi connectivity index (χ2v) is 13.4. The molecule has 46 heavy (non-hydrogen) atoms. The van der Waals surface area contributed by atoms with E-state index in [1.54, 1.807) is 0 Å². The van der Waals surface area contributed by atoms with Gasteiger partial charge in [0.25, 0.3) is 0 Å². The van der Waals surface area contributed by atoms with Crippen molar-refractivity contribution >= 4 is 5.97 Å². The second-order valence-electron chi connectivity index (χ2n) is 13.4. The average molecular weight is 619 g/mol. The molecule has 0 N–H and O–H groups in total. The number of esters is 1. The first kappa shape index (κ1) is 29.2. The van der Waals surface area contributed by atoms with E-state index in [1.807, 2.05) is 18.2 Å². The maximum Gasteiger partial charge on any atom is 0.338 e. The minimum atomic E-state index is -0.707. The summed E-state index contributed by atoms with van der Waals surface area (Å²) in [6.45, 7) is 10.3. The van der Waals surface area contributed by atoms with Crippen molar-refractivity contribution in [1.29, 1.82) is 0 Å². The number of hydrogen-bond acceptors (Lipinski definition) is 7. The summed E-state index contributed by atoms with van der Waals surface area (Å²) in [6, 6.07) is 27.3. The van der Waals surface area contributed by atoms with Crippen LogP contribution in [0, 0.1) is 19.3 Å². The van der Waals surface area contributed by atoms with Gasteiger partial charge in [-0.2, -0.15) is 0 Å². The number of epoxide rings is 2. The van der Waals surface area contributed by atoms with E-state index < -0.39 is 5.41 Å². The summed E-state index contributed by atoms with van der Waals surface area (Å²) in [5, 5.41) is 0. The van der Waals surface area contributed by atoms with E-state index in [0.29, 0.717) is 38.6 Å². The third-order valence-electron chi connectivity index (χ3n) is 9.61. The zero-order chi connectivity index (χ0) is 31.5. The predicted octanol–water partition coefficient (Wildman–Crippen LogP) is 6.42. The van der Waals surface area contributed by atoms with Crippen LogP contribution in [0.1, 0.15) is 50.7 Å². The average Bonchev–Trinajstić information content (AvgIpc) is 3.99. The zero-order valence-electron chi connectivity index (χ0n) is 26.5. The number of carbonyl (C=O) groups is 1. The molecule has 0 bridgehead atoms. The monoisotopic (exact) mass is 618 g/mol. The van der Waals surface area contributed by atoms with Gasteiger partial charge in [0.05, 0.1) is 37.4 Å². The summed E-state index contributed by atoms with van der Waals surface area (Å²) in [7, 11) is 0. The third kappa shape index (κ3) is 5.07. The molecule has 0 aromatic heterocycles. The molecule has 8 rings (SSSR count). The summed E-state index contributed by atoms with van der Waals surface area (Å²) >= 11 is 0. The van der Waals surface area contributed by atoms with Crippen molar-refractivity contribution in [2.45, 2.75) is 38.4 Å². The molecule has 0 saturated carbocycles. The van der Waals surface area contributed by atoms with Crippen LogP contribution in [-0.2, 0) is 24.4 Å². The van der Waals surface area contributed by atoms with Gasteiger partial charge in [-0.15, -0.1) is 0 Å². The van der Waals surface area contributed by atoms with E-state index in [4.69, 9.17) is 28.4 Å². The molecule has 3 heterocycles. The van der Waals surface area contributed by atoms with Crippen molar-refractivity contribution in [3.63, 3.8) is 0 Å². The summed E-state index contributed by atoms with van der Waals surface area (Å²) in [6.07, 6.45) is 0.346. The largest absolute Gasteiger partial charge is 0.491 e. The van der Waals surface area contributed by atoms with Crippen molar-refractivity contribution in [2.75, 3.05) is 46.2 Å². The van der Waals surface area contributed by atoms with Crippen LogP contribution in [0.3, 0.4) is 0 Å². The molecule has 0 radical (unpaired) electrons. The highest BCUT2D eigenvalue weighted by Gasteiger charge is 2.48. The number of ether oxygens (including phenoxy) is 6. The van der Waals surface area contributed by atoms with Gasteiger partial charge in [-0.3, -0.25) is 0 Å². The molecule has 7 nitrogen and oxygen atoms in total. The lowest BCUT2D eigenvalue weighted by atomic mass is 9.67. The first-order chi connectivity index (χ1) is 22.4. The van der Waals surface area contributed by atoms with Crippen molar-refractivity contribution < 1.29 is 33.2 Å². The Hall–Kier alpha value is -4.17. The maximum absolute atomic E-state index is 13.8. The highest BCUT2D eigenvalue weighted by molar-refractivity contribution is 6.02. The van der Waals surface area contributed by atoms with Crippen molar-refractivity contribution in [3.8, 4) is 22.6 Å². The molecule has 3 fully saturated rings. The molecule has 2 atom stereocenters. The predicted molar refractivity (Wildman–Crippen MR) is 173 cm³/mol. The molecule has 4 aliphatic rings. The smallest absolute Gasteiger partial charge is 0.338 e. The van der Waals surface area contributed by atoms with Gasteiger partial charge >= 0.3 is 5.97 Å². The minimum absolute atomic E-state index is 0.144. The van der Waals surface area contributed by atoms with Gasteiger partial charge in [-0.25, -0.2) is 4.79 Å². The Labute approximate surface area is 269 Å². The van der Waals surface area contributed by atoms with Gasteiger partial charge in [-0.1, -0.05) is 67.6 Å². The molecule has 3 saturated heterocycles. The molecule has 2 unspecified atom stereocenters. The summed E-state index contributed by atoms with van der Waals surface area (Å²) in [5.41, 5.74) is 8.07. The number of fused-ring (bicyclic) bond motifs is 3. The van der Waals surface area contributed by atoms with E-state index in [0.717, 1.165) is 69.2 Å². The van der Waals surface area contributed by atoms with Crippen LogP contribution in [0.4, 0.5) is 0 Å². The van der Waals surface area contributed by atoms with Crippen molar-refractivity contribution in [2.24, 2.45) is 5.41 Å². The SMILES string of the molecule is Cc1cc(C2(c3ccc(OCC4CO4)c(C)c3)c3ccccc3-c3c(C(=O)OCC4(C)COC4)cccc32)ccc1OCC1CO1. The highest BCUT2D eigenvalue weighted by atomic mass is 16.6. The van der Waals surface area contributed by atoms with Gasteiger partial charge in [0.2, 0.25) is 0 Å². The number of rotatable bonds is 11. The summed E-state index contributed by atoms with van der Waals surface area (Å²) < 4.78 is 34.4. The lowest BCUT2D eigenvalue weighted by Crippen LogP contribution is -2.44. The van der Waals surface area contributed by atoms with Gasteiger partial charge in [0.15, 0.2) is 0 Å². The van der Waals surface area contributed by atoms with Gasteiger partial charge in [0, 0.05) is 11.0 Å². The normalized spacial score (nSPS) is 23.1. The van der Waals surface area contributed by atoms with Crippen molar-refractivity contribution in [1.82, 2.24) is 0 Å². The van der Waals surface area contributed by atoms with E-state index in [9.17, 15) is 4.79 Å². The minimum Gasteiger partial charge on any atom is -0.491 e. The van der Waals surface area contributed by atoms with E-state index in [1.165, 1.54) is 0 Å². The summed E-state index contributed by atoms with van der Waals surface area (Å²) in [5.74, 6) is 1.36. The maximum atomic E-state index is 13.8. The van der Waals surface area contributed by atoms with Crippen LogP contribution in [0.25, 0.3) is 11.1 Å². The molecule has 0 amide bonds. The molecule has 3 aliphatic heterocycles. The van der Waals surface area contributed by atoms with Crippen molar-refractivity contribution in [3.05, 3.63) is 118 Å². The fraction of sp³-hybridized carbons (Fsp3) is 0.359. The molecule has 7 heteroatoms. The first-order valence-electron chi connectivity index (χ1n) is 16.0. The fourth-order valence-corrected chi connectivity index (χ4v) is 6.92. The molecule has 236 valence electrons. The molecular weight excluding hydrogens is 580 g/mol. The lowest BCUT2D eigenvalue weighted by molar-refractivity contribution is -0.127.